The fourth-order valence-electron chi connectivity index (χ4n) is 0.565. The Labute approximate surface area is 85.8 Å². The molecule has 0 aliphatic carbocycles. The number of halogens is 1. The summed E-state index contributed by atoms with van der Waals surface area (Å²) in [6, 6.07) is 0. The monoisotopic (exact) mass is 175 g/mol. The van der Waals surface area contributed by atoms with Crippen LogP contribution in [0.3, 0.4) is 0 Å². The Kier molecular flexibility index (Phi) is 12.7. The van der Waals surface area contributed by atoms with Gasteiger partial charge in [-0.15, -0.1) is 0 Å². The fraction of sp³-hybridized carbons (Fsp3) is 0.800. The van der Waals surface area contributed by atoms with Gasteiger partial charge < -0.3 is 17.7 Å². The van der Waals surface area contributed by atoms with E-state index in [2.05, 4.69) is 8.34 Å². The minimum atomic E-state index is 0. The smallest absolute Gasteiger partial charge is 1.00 e. The van der Waals surface area contributed by atoms with Crippen LogP contribution in [0.15, 0.2) is 0 Å². The zero-order valence-electron chi connectivity index (χ0n) is 5.61. The van der Waals surface area contributed by atoms with Crippen LogP contribution in [0.2, 0.25) is 3.02 Å². The summed E-state index contributed by atoms with van der Waals surface area (Å²) in [5, 5.41) is 2.68. The van der Waals surface area contributed by atoms with E-state index < -0.39 is 0 Å². The van der Waals surface area contributed by atoms with Gasteiger partial charge in [0.1, 0.15) is 0 Å². The third-order valence-electron chi connectivity index (χ3n) is 0.903. The third kappa shape index (κ3) is 6.91. The molecule has 0 aromatic rings. The van der Waals surface area contributed by atoms with Gasteiger partial charge in [0.2, 0.25) is 5.91 Å². The molecule has 4 heteroatoms. The molecule has 1 N–H and O–H groups in total. The van der Waals surface area contributed by atoms with Gasteiger partial charge in [-0.3, -0.25) is 4.79 Å². The Hall–Kier alpha value is 1.02. The van der Waals surface area contributed by atoms with Crippen LogP contribution >= 0.6 is 0 Å². The first kappa shape index (κ1) is 12.7. The zero-order chi connectivity index (χ0) is 6.41. The fourth-order valence-corrected chi connectivity index (χ4v) is 0.565. The van der Waals surface area contributed by atoms with E-state index in [1.807, 2.05) is 0 Å². The summed E-state index contributed by atoms with van der Waals surface area (Å²) in [5.74, 6) is 0.204. The van der Waals surface area contributed by atoms with Crippen LogP contribution in [0, 0.1) is 0 Å². The summed E-state index contributed by atoms with van der Waals surface area (Å²) >= 11 is 1.38. The molecule has 0 radical (unpaired) electrons. The molecule has 1 fully saturated rings. The molecule has 1 amide bonds. The molecule has 50 valence electrons. The SMILES string of the molecule is O=C1CCCN1.[CH3][Ca+].[Cl-]. The van der Waals surface area contributed by atoms with Crippen LogP contribution in [0.1, 0.15) is 12.8 Å². The van der Waals surface area contributed by atoms with E-state index in [0.29, 0.717) is 0 Å². The number of hydrogen-bond acceptors (Lipinski definition) is 1. The molecule has 1 heterocycles. The van der Waals surface area contributed by atoms with Gasteiger partial charge in [0.05, 0.1) is 0 Å². The van der Waals surface area contributed by atoms with E-state index in [4.69, 9.17) is 0 Å². The molecule has 1 aliphatic rings. The van der Waals surface area contributed by atoms with Crippen molar-refractivity contribution in [2.24, 2.45) is 0 Å². The minimum absolute atomic E-state index is 0. The van der Waals surface area contributed by atoms with Crippen molar-refractivity contribution in [3.63, 3.8) is 0 Å². The molecule has 1 rings (SSSR count). The molecule has 0 aromatic heterocycles. The van der Waals surface area contributed by atoms with Gasteiger partial charge in [0.25, 0.3) is 0 Å². The predicted molar refractivity (Wildman–Crippen MR) is 33.9 cm³/mol. The Morgan fingerprint density at radius 2 is 2.11 bits per heavy atom. The van der Waals surface area contributed by atoms with Crippen LogP contribution in [0.4, 0.5) is 0 Å². The average Bonchev–Trinajstić information content (AvgIpc) is 2.24. The van der Waals surface area contributed by atoms with E-state index >= 15 is 0 Å². The molecule has 0 spiro atoms. The van der Waals surface area contributed by atoms with Crippen molar-refractivity contribution in [1.29, 1.82) is 0 Å². The Bertz CT molecular complexity index is 71.4. The second-order valence-corrected chi connectivity index (χ2v) is 1.45. The third-order valence-corrected chi connectivity index (χ3v) is 0.903. The van der Waals surface area contributed by atoms with Crippen LogP contribution in [-0.4, -0.2) is 48.2 Å². The summed E-state index contributed by atoms with van der Waals surface area (Å²) < 4.78 is 2.12. The van der Waals surface area contributed by atoms with Crippen molar-refractivity contribution < 1.29 is 17.2 Å². The van der Waals surface area contributed by atoms with E-state index in [0.717, 1.165) is 19.4 Å². The summed E-state index contributed by atoms with van der Waals surface area (Å²) in [7, 11) is 0. The van der Waals surface area contributed by atoms with Crippen molar-refractivity contribution in [2.75, 3.05) is 6.54 Å². The van der Waals surface area contributed by atoms with Gasteiger partial charge in [-0.2, -0.15) is 0 Å². The summed E-state index contributed by atoms with van der Waals surface area (Å²) in [4.78, 5) is 10.1. The van der Waals surface area contributed by atoms with Gasteiger partial charge >= 0.3 is 38.8 Å². The average molecular weight is 176 g/mol. The number of carbonyl (C=O) groups excluding carboxylic acids is 1. The summed E-state index contributed by atoms with van der Waals surface area (Å²) in [6.07, 6.45) is 1.76. The minimum Gasteiger partial charge on any atom is -1.00 e. The maximum Gasteiger partial charge on any atom is -1.00 e. The van der Waals surface area contributed by atoms with Gasteiger partial charge in [-0.05, 0) is 6.42 Å². The van der Waals surface area contributed by atoms with Crippen molar-refractivity contribution in [3.05, 3.63) is 0 Å². The molecule has 9 heavy (non-hydrogen) atoms. The van der Waals surface area contributed by atoms with E-state index in [1.54, 1.807) is 0 Å². The molecule has 1 aliphatic heterocycles. The first-order chi connectivity index (χ1) is 3.89. The number of carbonyl (C=O) groups is 1. The van der Waals surface area contributed by atoms with E-state index in [9.17, 15) is 4.79 Å². The van der Waals surface area contributed by atoms with E-state index in [1.165, 1.54) is 35.8 Å². The van der Waals surface area contributed by atoms with Gasteiger partial charge in [0.15, 0.2) is 0 Å². The standard InChI is InChI=1S/C4H7NO.CH3.Ca.ClH/c6-4-2-1-3-5-4;;;/h1-3H2,(H,5,6);1H3;;1H/q;;+1;/p-1. The molecular weight excluding hydrogens is 166 g/mol. The van der Waals surface area contributed by atoms with Crippen LogP contribution in [0.25, 0.3) is 0 Å². The van der Waals surface area contributed by atoms with Crippen molar-refractivity contribution in [1.82, 2.24) is 5.32 Å². The van der Waals surface area contributed by atoms with Gasteiger partial charge in [0, 0.05) is 13.0 Å². The van der Waals surface area contributed by atoms with Crippen molar-refractivity contribution >= 4 is 41.7 Å². The predicted octanol–water partition coefficient (Wildman–Crippen LogP) is -2.90. The molecule has 0 saturated carbocycles. The number of rotatable bonds is 0. The molecule has 0 bridgehead atoms. The largest absolute Gasteiger partial charge is 1.00 e. The number of nitrogens with one attached hydrogen (secondary N) is 1. The van der Waals surface area contributed by atoms with Crippen LogP contribution < -0.4 is 17.7 Å². The number of amides is 1. The normalized spacial score (nSPS) is 14.8. The van der Waals surface area contributed by atoms with E-state index in [-0.39, 0.29) is 18.3 Å². The van der Waals surface area contributed by atoms with Crippen molar-refractivity contribution in [3.8, 4) is 0 Å². The molecule has 1 saturated heterocycles. The van der Waals surface area contributed by atoms with Crippen molar-refractivity contribution in [2.45, 2.75) is 15.9 Å². The summed E-state index contributed by atoms with van der Waals surface area (Å²) in [5.41, 5.74) is 0. The van der Waals surface area contributed by atoms with Gasteiger partial charge in [-0.1, -0.05) is 0 Å². The molecular formula is C5H10CaClNO. The Morgan fingerprint density at radius 1 is 1.56 bits per heavy atom. The topological polar surface area (TPSA) is 29.1 Å². The Balaban J connectivity index is 0. The molecule has 2 nitrogen and oxygen atoms in total. The Morgan fingerprint density at radius 3 is 2.22 bits per heavy atom. The van der Waals surface area contributed by atoms with Crippen LogP contribution in [0.5, 0.6) is 0 Å². The summed E-state index contributed by atoms with van der Waals surface area (Å²) in [6.45, 7) is 0.888. The second kappa shape index (κ2) is 9.02. The molecule has 0 aromatic carbocycles. The van der Waals surface area contributed by atoms with Crippen LogP contribution in [-0.2, 0) is 4.79 Å². The first-order valence-electron chi connectivity index (χ1n) is 2.87. The maximum absolute atomic E-state index is 10.1. The maximum atomic E-state index is 10.1. The second-order valence-electron chi connectivity index (χ2n) is 1.45. The first-order valence-corrected chi connectivity index (χ1v) is 5.08. The number of hydrogen-bond donors (Lipinski definition) is 1. The zero-order valence-corrected chi connectivity index (χ0v) is 8.58. The molecule has 0 unspecified atom stereocenters. The molecule has 0 atom stereocenters. The van der Waals surface area contributed by atoms with Gasteiger partial charge in [-0.25, -0.2) is 0 Å². The quantitative estimate of drug-likeness (QED) is 0.394.